The average molecular weight is 377 g/mol. The Balaban J connectivity index is 1.56. The molecule has 1 amide bonds. The molecule has 0 spiro atoms. The zero-order chi connectivity index (χ0) is 18.8. The maximum Gasteiger partial charge on any atom is 0.354 e. The van der Waals surface area contributed by atoms with Crippen LogP contribution in [-0.4, -0.2) is 29.0 Å². The third kappa shape index (κ3) is 3.32. The number of methoxy groups -OCH3 is 1. The van der Waals surface area contributed by atoms with Gasteiger partial charge in [0.2, 0.25) is 0 Å². The average Bonchev–Trinajstić information content (AvgIpc) is 3.36. The minimum absolute atomic E-state index is 0.211. The molecule has 0 aliphatic heterocycles. The van der Waals surface area contributed by atoms with E-state index in [9.17, 15) is 9.59 Å². The van der Waals surface area contributed by atoms with Crippen molar-refractivity contribution in [2.45, 2.75) is 0 Å². The van der Waals surface area contributed by atoms with E-state index in [-0.39, 0.29) is 5.91 Å². The van der Waals surface area contributed by atoms with Crippen LogP contribution in [0.3, 0.4) is 0 Å². The summed E-state index contributed by atoms with van der Waals surface area (Å²) in [5.74, 6) is -0.655. The molecule has 0 radical (unpaired) electrons. The van der Waals surface area contributed by atoms with Crippen molar-refractivity contribution in [3.05, 3.63) is 71.4 Å². The summed E-state index contributed by atoms with van der Waals surface area (Å²) in [6, 6.07) is 15.0. The number of hydrogen-bond donors (Lipinski definition) is 2. The molecule has 134 valence electrons. The number of fused-ring (bicyclic) bond motifs is 1. The van der Waals surface area contributed by atoms with Crippen molar-refractivity contribution in [1.82, 2.24) is 9.97 Å². The van der Waals surface area contributed by atoms with Gasteiger partial charge in [0.15, 0.2) is 5.13 Å². The summed E-state index contributed by atoms with van der Waals surface area (Å²) in [6.07, 6.45) is 1.68. The smallest absolute Gasteiger partial charge is 0.354 e. The molecule has 0 saturated carbocycles. The van der Waals surface area contributed by atoms with Crippen molar-refractivity contribution >= 4 is 39.1 Å². The number of anilines is 1. The number of nitrogens with zero attached hydrogens (tertiary/aromatic N) is 1. The van der Waals surface area contributed by atoms with Crippen LogP contribution in [-0.2, 0) is 4.74 Å². The van der Waals surface area contributed by atoms with Crippen molar-refractivity contribution in [3.63, 3.8) is 0 Å². The van der Waals surface area contributed by atoms with Gasteiger partial charge in [0, 0.05) is 22.7 Å². The second-order valence-corrected chi connectivity index (χ2v) is 6.67. The van der Waals surface area contributed by atoms with Gasteiger partial charge in [0.25, 0.3) is 5.91 Å². The number of amides is 1. The van der Waals surface area contributed by atoms with E-state index in [0.29, 0.717) is 22.1 Å². The van der Waals surface area contributed by atoms with Crippen LogP contribution in [0.25, 0.3) is 22.0 Å². The molecule has 0 aliphatic carbocycles. The largest absolute Gasteiger partial charge is 0.464 e. The molecule has 0 bridgehead atoms. The molecule has 0 unspecified atom stereocenters. The van der Waals surface area contributed by atoms with Crippen molar-refractivity contribution in [3.8, 4) is 11.3 Å². The van der Waals surface area contributed by atoms with E-state index < -0.39 is 5.97 Å². The van der Waals surface area contributed by atoms with Gasteiger partial charge in [-0.3, -0.25) is 10.1 Å². The van der Waals surface area contributed by atoms with E-state index in [1.54, 1.807) is 18.3 Å². The lowest BCUT2D eigenvalue weighted by Gasteiger charge is -2.05. The van der Waals surface area contributed by atoms with Gasteiger partial charge < -0.3 is 9.72 Å². The second kappa shape index (κ2) is 7.05. The van der Waals surface area contributed by atoms with E-state index in [1.807, 2.05) is 41.8 Å². The number of rotatable bonds is 4. The molecule has 4 aromatic rings. The Morgan fingerprint density at radius 2 is 1.96 bits per heavy atom. The quantitative estimate of drug-likeness (QED) is 0.519. The molecule has 6 nitrogen and oxygen atoms in total. The number of H-pyrrole nitrogens is 1. The molecule has 2 aromatic carbocycles. The van der Waals surface area contributed by atoms with E-state index in [1.165, 1.54) is 18.4 Å². The maximum atomic E-state index is 12.7. The number of thiazole rings is 1. The number of aromatic amines is 1. The van der Waals surface area contributed by atoms with Crippen LogP contribution >= 0.6 is 11.3 Å². The number of carbonyl (C=O) groups is 2. The first kappa shape index (κ1) is 17.0. The van der Waals surface area contributed by atoms with Gasteiger partial charge in [-0.05, 0) is 22.9 Å². The Bertz CT molecular complexity index is 1140. The lowest BCUT2D eigenvalue weighted by atomic mass is 10.0. The molecule has 4 rings (SSSR count). The minimum atomic E-state index is -0.444. The third-order valence-corrected chi connectivity index (χ3v) is 4.90. The van der Waals surface area contributed by atoms with Crippen LogP contribution in [0.4, 0.5) is 5.13 Å². The number of benzene rings is 2. The summed E-state index contributed by atoms with van der Waals surface area (Å²) in [5, 5.41) is 7.06. The molecule has 0 aliphatic rings. The number of aromatic nitrogens is 2. The Kier molecular flexibility index (Phi) is 4.43. The van der Waals surface area contributed by atoms with Crippen LogP contribution in [0.15, 0.2) is 60.1 Å². The van der Waals surface area contributed by atoms with Crippen LogP contribution in [0, 0.1) is 0 Å². The number of nitrogens with one attached hydrogen (secondary N) is 2. The number of hydrogen-bond acceptors (Lipinski definition) is 5. The summed E-state index contributed by atoms with van der Waals surface area (Å²) < 4.78 is 4.68. The zero-order valence-electron chi connectivity index (χ0n) is 14.4. The molecular formula is C20H15N3O3S. The van der Waals surface area contributed by atoms with Gasteiger partial charge >= 0.3 is 5.97 Å². The Morgan fingerprint density at radius 1 is 1.15 bits per heavy atom. The molecule has 2 N–H and O–H groups in total. The first-order valence-corrected chi connectivity index (χ1v) is 9.05. The van der Waals surface area contributed by atoms with Crippen molar-refractivity contribution < 1.29 is 14.3 Å². The van der Waals surface area contributed by atoms with Gasteiger partial charge in [-0.25, -0.2) is 9.78 Å². The summed E-state index contributed by atoms with van der Waals surface area (Å²) in [7, 11) is 1.33. The lowest BCUT2D eigenvalue weighted by molar-refractivity contribution is 0.0594. The van der Waals surface area contributed by atoms with Gasteiger partial charge in [0.1, 0.15) is 5.69 Å². The van der Waals surface area contributed by atoms with E-state index >= 15 is 0 Å². The van der Waals surface area contributed by atoms with Crippen LogP contribution in [0.2, 0.25) is 0 Å². The Morgan fingerprint density at radius 3 is 2.81 bits per heavy atom. The fourth-order valence-corrected chi connectivity index (χ4v) is 3.54. The predicted molar refractivity (Wildman–Crippen MR) is 105 cm³/mol. The number of ether oxygens (including phenoxy) is 1. The van der Waals surface area contributed by atoms with Gasteiger partial charge in [-0.15, -0.1) is 11.3 Å². The summed E-state index contributed by atoms with van der Waals surface area (Å²) in [6.45, 7) is 0. The van der Waals surface area contributed by atoms with Crippen molar-refractivity contribution in [1.29, 1.82) is 0 Å². The highest BCUT2D eigenvalue weighted by Crippen LogP contribution is 2.27. The first-order valence-electron chi connectivity index (χ1n) is 8.17. The summed E-state index contributed by atoms with van der Waals surface area (Å²) in [4.78, 5) is 31.5. The van der Waals surface area contributed by atoms with Crippen LogP contribution in [0.5, 0.6) is 0 Å². The first-order chi connectivity index (χ1) is 13.2. The van der Waals surface area contributed by atoms with E-state index in [4.69, 9.17) is 0 Å². The van der Waals surface area contributed by atoms with Gasteiger partial charge in [0.05, 0.1) is 12.8 Å². The summed E-state index contributed by atoms with van der Waals surface area (Å²) in [5.41, 5.74) is 2.36. The fourth-order valence-electron chi connectivity index (χ4n) is 2.82. The molecule has 0 saturated heterocycles. The van der Waals surface area contributed by atoms with Gasteiger partial charge in [-0.2, -0.15) is 0 Å². The molecule has 27 heavy (non-hydrogen) atoms. The van der Waals surface area contributed by atoms with Crippen LogP contribution < -0.4 is 5.32 Å². The normalized spacial score (nSPS) is 10.7. The fraction of sp³-hybridized carbons (Fsp3) is 0.0500. The number of carbonyl (C=O) groups excluding carboxylic acids is 2. The predicted octanol–water partition coefficient (Wildman–Crippen LogP) is 4.33. The molecule has 2 aromatic heterocycles. The molecule has 0 fully saturated rings. The highest BCUT2D eigenvalue weighted by Gasteiger charge is 2.14. The topological polar surface area (TPSA) is 84.1 Å². The maximum absolute atomic E-state index is 12.7. The van der Waals surface area contributed by atoms with Gasteiger partial charge in [-0.1, -0.05) is 36.4 Å². The number of esters is 1. The standard InChI is InChI=1S/C20H15N3O3S/c1-26-19(25)16-9-13(10-21-16)17-11-27-20(22-17)23-18(24)15-8-4-6-12-5-2-3-7-14(12)15/h2-11,21H,1H3,(H,22,23,24). The summed E-state index contributed by atoms with van der Waals surface area (Å²) >= 11 is 1.32. The van der Waals surface area contributed by atoms with E-state index in [2.05, 4.69) is 20.0 Å². The SMILES string of the molecule is COC(=O)c1cc(-c2csc(NC(=O)c3cccc4ccccc34)n2)c[nH]1. The molecule has 0 atom stereocenters. The molecular weight excluding hydrogens is 362 g/mol. The Hall–Kier alpha value is -3.45. The van der Waals surface area contributed by atoms with Crippen molar-refractivity contribution in [2.24, 2.45) is 0 Å². The lowest BCUT2D eigenvalue weighted by Crippen LogP contribution is -2.12. The zero-order valence-corrected chi connectivity index (χ0v) is 15.2. The third-order valence-electron chi connectivity index (χ3n) is 4.14. The second-order valence-electron chi connectivity index (χ2n) is 5.81. The minimum Gasteiger partial charge on any atom is -0.464 e. The Labute approximate surface area is 158 Å². The van der Waals surface area contributed by atoms with E-state index in [0.717, 1.165) is 16.3 Å². The highest BCUT2D eigenvalue weighted by atomic mass is 32.1. The molecule has 2 heterocycles. The van der Waals surface area contributed by atoms with Crippen LogP contribution in [0.1, 0.15) is 20.8 Å². The highest BCUT2D eigenvalue weighted by molar-refractivity contribution is 7.14. The molecule has 7 heteroatoms. The monoisotopic (exact) mass is 377 g/mol. The van der Waals surface area contributed by atoms with Crippen molar-refractivity contribution in [2.75, 3.05) is 12.4 Å².